The summed E-state index contributed by atoms with van der Waals surface area (Å²) in [4.78, 5) is 3.98. The summed E-state index contributed by atoms with van der Waals surface area (Å²) in [7, 11) is 0. The zero-order valence-electron chi connectivity index (χ0n) is 7.22. The van der Waals surface area contributed by atoms with Crippen molar-refractivity contribution in [2.45, 2.75) is 13.3 Å². The first-order chi connectivity index (χ1) is 6.13. The molecule has 0 spiro atoms. The van der Waals surface area contributed by atoms with Crippen LogP contribution in [0.5, 0.6) is 0 Å². The van der Waals surface area contributed by atoms with Crippen molar-refractivity contribution in [3.63, 3.8) is 0 Å². The number of nitrogens with zero attached hydrogens (tertiary/aromatic N) is 1. The lowest BCUT2D eigenvalue weighted by molar-refractivity contribution is 0.628. The Kier molecular flexibility index (Phi) is 3.25. The van der Waals surface area contributed by atoms with E-state index in [4.69, 9.17) is 17.3 Å². The molecule has 0 aliphatic carbocycles. The molecule has 0 aliphatic rings. The lowest BCUT2D eigenvalue weighted by atomic mass is 10.3. The van der Waals surface area contributed by atoms with Crippen LogP contribution in [-0.2, 0) is 0 Å². The maximum absolute atomic E-state index is 12.9. The number of halogens is 2. The molecule has 1 rings (SSSR count). The van der Waals surface area contributed by atoms with Gasteiger partial charge in [-0.3, -0.25) is 0 Å². The van der Waals surface area contributed by atoms with Crippen molar-refractivity contribution < 1.29 is 4.39 Å². The topological polar surface area (TPSA) is 38.4 Å². The van der Waals surface area contributed by atoms with Crippen LogP contribution in [0.4, 0.5) is 10.1 Å². The van der Waals surface area contributed by atoms with Crippen LogP contribution < -0.4 is 5.73 Å². The predicted molar refractivity (Wildman–Crippen MR) is 53.0 cm³/mol. The van der Waals surface area contributed by atoms with Gasteiger partial charge in [-0.2, -0.15) is 0 Å². The second-order valence-electron chi connectivity index (χ2n) is 2.56. The molecule has 2 nitrogen and oxygen atoms in total. The average molecular weight is 201 g/mol. The lowest BCUT2D eigenvalue weighted by Gasteiger charge is -1.98. The summed E-state index contributed by atoms with van der Waals surface area (Å²) >= 11 is 5.50. The van der Waals surface area contributed by atoms with Gasteiger partial charge < -0.3 is 5.73 Å². The van der Waals surface area contributed by atoms with E-state index in [0.29, 0.717) is 17.9 Å². The fourth-order valence-corrected chi connectivity index (χ4v) is 0.917. The highest BCUT2D eigenvalue weighted by molar-refractivity contribution is 6.30. The largest absolute Gasteiger partial charge is 0.387 e. The van der Waals surface area contributed by atoms with Crippen LogP contribution in [0.2, 0.25) is 5.02 Å². The van der Waals surface area contributed by atoms with Crippen molar-refractivity contribution in [3.8, 4) is 0 Å². The minimum absolute atomic E-state index is 0.0917. The van der Waals surface area contributed by atoms with Crippen LogP contribution >= 0.6 is 11.6 Å². The molecule has 2 N–H and O–H groups in total. The molecule has 0 radical (unpaired) electrons. The van der Waals surface area contributed by atoms with Crippen molar-refractivity contribution in [2.24, 2.45) is 10.7 Å². The second-order valence-corrected chi connectivity index (χ2v) is 2.96. The first kappa shape index (κ1) is 9.99. The maximum Gasteiger partial charge on any atom is 0.143 e. The van der Waals surface area contributed by atoms with Gasteiger partial charge in [0.2, 0.25) is 0 Å². The molecule has 1 aromatic rings. The Balaban J connectivity index is 2.98. The summed E-state index contributed by atoms with van der Waals surface area (Å²) in [5, 5.41) is 0.0917. The van der Waals surface area contributed by atoms with Crippen molar-refractivity contribution in [1.29, 1.82) is 0 Å². The van der Waals surface area contributed by atoms with Crippen molar-refractivity contribution in [1.82, 2.24) is 0 Å². The summed E-state index contributed by atoms with van der Waals surface area (Å²) in [6.45, 7) is 1.88. The molecule has 1 aromatic carbocycles. The molecule has 0 bridgehead atoms. The smallest absolute Gasteiger partial charge is 0.143 e. The summed E-state index contributed by atoms with van der Waals surface area (Å²) in [5.41, 5.74) is 5.97. The number of hydrogen-bond donors (Lipinski definition) is 1. The summed E-state index contributed by atoms with van der Waals surface area (Å²) in [6.07, 6.45) is 0.643. The SMILES string of the molecule is CCC(N)=Nc1ccc(Cl)c(F)c1. The van der Waals surface area contributed by atoms with Crippen LogP contribution in [0.1, 0.15) is 13.3 Å². The van der Waals surface area contributed by atoms with Gasteiger partial charge in [-0.15, -0.1) is 0 Å². The number of hydrogen-bond acceptors (Lipinski definition) is 1. The highest BCUT2D eigenvalue weighted by Gasteiger charge is 1.99. The van der Waals surface area contributed by atoms with E-state index >= 15 is 0 Å². The Morgan fingerprint density at radius 2 is 2.31 bits per heavy atom. The van der Waals surface area contributed by atoms with E-state index in [1.165, 1.54) is 12.1 Å². The quantitative estimate of drug-likeness (QED) is 0.579. The van der Waals surface area contributed by atoms with E-state index in [9.17, 15) is 4.39 Å². The highest BCUT2D eigenvalue weighted by atomic mass is 35.5. The fraction of sp³-hybridized carbons (Fsp3) is 0.222. The standard InChI is InChI=1S/C9H10ClFN2/c1-2-9(12)13-6-3-4-7(10)8(11)5-6/h3-5H,2H2,1H3,(H2,12,13). The van der Waals surface area contributed by atoms with Crippen molar-refractivity contribution in [3.05, 3.63) is 29.0 Å². The molecule has 0 saturated heterocycles. The van der Waals surface area contributed by atoms with E-state index in [-0.39, 0.29) is 5.02 Å². The Morgan fingerprint density at radius 1 is 1.62 bits per heavy atom. The number of rotatable bonds is 2. The van der Waals surface area contributed by atoms with Crippen molar-refractivity contribution >= 4 is 23.1 Å². The molecular formula is C9H10ClFN2. The average Bonchev–Trinajstić information content (AvgIpc) is 2.11. The van der Waals surface area contributed by atoms with Gasteiger partial charge in [0, 0.05) is 12.5 Å². The molecule has 0 heterocycles. The Hall–Kier alpha value is -1.09. The predicted octanol–water partition coefficient (Wildman–Crippen LogP) is 2.88. The highest BCUT2D eigenvalue weighted by Crippen LogP contribution is 2.20. The van der Waals surface area contributed by atoms with Gasteiger partial charge in [-0.1, -0.05) is 18.5 Å². The molecule has 0 fully saturated rings. The Morgan fingerprint density at radius 3 is 2.85 bits per heavy atom. The third-order valence-corrected chi connectivity index (χ3v) is 1.84. The van der Waals surface area contributed by atoms with E-state index < -0.39 is 5.82 Å². The van der Waals surface area contributed by atoms with Gasteiger partial charge in [0.05, 0.1) is 16.5 Å². The summed E-state index contributed by atoms with van der Waals surface area (Å²) in [6, 6.07) is 4.33. The monoisotopic (exact) mass is 200 g/mol. The minimum Gasteiger partial charge on any atom is -0.387 e. The molecule has 70 valence electrons. The second kappa shape index (κ2) is 4.23. The van der Waals surface area contributed by atoms with Gasteiger partial charge in [-0.25, -0.2) is 9.38 Å². The van der Waals surface area contributed by atoms with E-state index in [2.05, 4.69) is 4.99 Å². The molecule has 0 aliphatic heterocycles. The molecule has 0 saturated carbocycles. The lowest BCUT2D eigenvalue weighted by Crippen LogP contribution is -2.08. The molecular weight excluding hydrogens is 191 g/mol. The van der Waals surface area contributed by atoms with Crippen LogP contribution in [0.25, 0.3) is 0 Å². The fourth-order valence-electron chi connectivity index (χ4n) is 0.799. The first-order valence-electron chi connectivity index (χ1n) is 3.91. The first-order valence-corrected chi connectivity index (χ1v) is 4.29. The van der Waals surface area contributed by atoms with Crippen molar-refractivity contribution in [2.75, 3.05) is 0 Å². The van der Waals surface area contributed by atoms with Gasteiger partial charge in [0.15, 0.2) is 0 Å². The third-order valence-electron chi connectivity index (χ3n) is 1.54. The van der Waals surface area contributed by atoms with Gasteiger partial charge in [-0.05, 0) is 12.1 Å². The van der Waals surface area contributed by atoms with Crippen LogP contribution in [0, 0.1) is 5.82 Å². The van der Waals surface area contributed by atoms with Crippen LogP contribution in [-0.4, -0.2) is 5.84 Å². The molecule has 13 heavy (non-hydrogen) atoms. The summed E-state index contributed by atoms with van der Waals surface area (Å²) < 4.78 is 12.9. The zero-order chi connectivity index (χ0) is 9.84. The molecule has 0 unspecified atom stereocenters. The number of nitrogens with two attached hydrogens (primary N) is 1. The number of aliphatic imine (C=N–C) groups is 1. The Labute approximate surface area is 81.2 Å². The zero-order valence-corrected chi connectivity index (χ0v) is 7.98. The van der Waals surface area contributed by atoms with Gasteiger partial charge in [0.25, 0.3) is 0 Å². The molecule has 4 heteroatoms. The van der Waals surface area contributed by atoms with E-state index in [1.54, 1.807) is 6.07 Å². The Bertz CT molecular complexity index is 336. The molecule has 0 aromatic heterocycles. The van der Waals surface area contributed by atoms with Gasteiger partial charge in [0.1, 0.15) is 5.82 Å². The molecule has 0 amide bonds. The number of amidine groups is 1. The number of benzene rings is 1. The molecule has 0 atom stereocenters. The van der Waals surface area contributed by atoms with E-state index in [1.807, 2.05) is 6.92 Å². The van der Waals surface area contributed by atoms with Gasteiger partial charge >= 0.3 is 0 Å². The van der Waals surface area contributed by atoms with E-state index in [0.717, 1.165) is 0 Å². The summed E-state index contributed by atoms with van der Waals surface area (Å²) in [5.74, 6) is -0.00598. The van der Waals surface area contributed by atoms with Crippen LogP contribution in [0.15, 0.2) is 23.2 Å². The van der Waals surface area contributed by atoms with Crippen LogP contribution in [0.3, 0.4) is 0 Å². The minimum atomic E-state index is -0.480. The normalized spacial score (nSPS) is 11.8. The third kappa shape index (κ3) is 2.70. The maximum atomic E-state index is 12.9.